The van der Waals surface area contributed by atoms with Crippen molar-refractivity contribution in [2.75, 3.05) is 14.1 Å². The monoisotopic (exact) mass is 314 g/mol. The maximum absolute atomic E-state index is 13.2. The molecule has 0 bridgehead atoms. The van der Waals surface area contributed by atoms with E-state index in [1.807, 2.05) is 6.92 Å². The number of hydrogen-bond donors (Lipinski definition) is 1. The topological polar surface area (TPSA) is 32.3 Å². The molecule has 118 valence electrons. The number of likely N-dealkylation sites (N-methyl/N-ethyl adjacent to an activating group) is 1. The lowest BCUT2D eigenvalue weighted by Gasteiger charge is -2.26. The zero-order valence-electron chi connectivity index (χ0n) is 13.3. The van der Waals surface area contributed by atoms with E-state index in [-0.39, 0.29) is 23.0 Å². The molecule has 3 nitrogen and oxygen atoms in total. The number of amides is 1. The minimum atomic E-state index is -0.435. The molecule has 1 aromatic rings. The fraction of sp³-hybridized carbons (Fsp3) is 0.562. The highest BCUT2D eigenvalue weighted by atomic mass is 35.5. The molecule has 0 aliphatic rings. The van der Waals surface area contributed by atoms with Gasteiger partial charge in [-0.15, -0.1) is 0 Å². The van der Waals surface area contributed by atoms with Gasteiger partial charge in [-0.1, -0.05) is 31.5 Å². The molecule has 1 rings (SSSR count). The lowest BCUT2D eigenvalue weighted by atomic mass is 10.00. The van der Waals surface area contributed by atoms with Gasteiger partial charge in [0.15, 0.2) is 0 Å². The van der Waals surface area contributed by atoms with Crippen LogP contribution in [0, 0.1) is 11.7 Å². The van der Waals surface area contributed by atoms with Gasteiger partial charge in [-0.05, 0) is 37.0 Å². The number of carbonyl (C=O) groups is 1. The second-order valence-electron chi connectivity index (χ2n) is 5.98. The molecule has 1 aromatic carbocycles. The van der Waals surface area contributed by atoms with Crippen molar-refractivity contribution in [1.29, 1.82) is 0 Å². The van der Waals surface area contributed by atoms with Gasteiger partial charge >= 0.3 is 0 Å². The summed E-state index contributed by atoms with van der Waals surface area (Å²) in [6, 6.07) is 4.28. The van der Waals surface area contributed by atoms with E-state index >= 15 is 0 Å². The van der Waals surface area contributed by atoms with Crippen LogP contribution < -0.4 is 5.32 Å². The van der Waals surface area contributed by atoms with Crippen LogP contribution in [0.3, 0.4) is 0 Å². The molecule has 0 saturated carbocycles. The molecule has 0 aromatic heterocycles. The van der Waals surface area contributed by atoms with Gasteiger partial charge < -0.3 is 4.90 Å². The van der Waals surface area contributed by atoms with Gasteiger partial charge in [0.2, 0.25) is 5.91 Å². The molecule has 0 heterocycles. The third kappa shape index (κ3) is 5.29. The highest BCUT2D eigenvalue weighted by Crippen LogP contribution is 2.22. The Labute approximate surface area is 131 Å². The fourth-order valence-electron chi connectivity index (χ4n) is 2.20. The van der Waals surface area contributed by atoms with Gasteiger partial charge in [-0.2, -0.15) is 0 Å². The van der Waals surface area contributed by atoms with E-state index < -0.39 is 5.82 Å². The van der Waals surface area contributed by atoms with Crippen molar-refractivity contribution >= 4 is 17.5 Å². The molecule has 0 saturated heterocycles. The van der Waals surface area contributed by atoms with E-state index in [9.17, 15) is 9.18 Å². The second kappa shape index (κ2) is 7.76. The van der Waals surface area contributed by atoms with E-state index in [0.29, 0.717) is 5.92 Å². The Kier molecular flexibility index (Phi) is 6.62. The van der Waals surface area contributed by atoms with Crippen molar-refractivity contribution in [3.63, 3.8) is 0 Å². The summed E-state index contributed by atoms with van der Waals surface area (Å²) in [5.74, 6) is 0.00915. The maximum atomic E-state index is 13.2. The molecule has 0 fully saturated rings. The number of rotatable bonds is 6. The fourth-order valence-corrected chi connectivity index (χ4v) is 2.39. The summed E-state index contributed by atoms with van der Waals surface area (Å²) in [6.07, 6.45) is 0.746. The summed E-state index contributed by atoms with van der Waals surface area (Å²) in [5, 5.41) is 3.42. The van der Waals surface area contributed by atoms with Gasteiger partial charge in [0.25, 0.3) is 0 Å². The lowest BCUT2D eigenvalue weighted by Crippen LogP contribution is -2.45. The molecule has 0 radical (unpaired) electrons. The molecule has 1 N–H and O–H groups in total. The van der Waals surface area contributed by atoms with Crippen molar-refractivity contribution in [2.24, 2.45) is 5.92 Å². The molecule has 1 amide bonds. The summed E-state index contributed by atoms with van der Waals surface area (Å²) >= 11 is 5.81. The molecule has 0 spiro atoms. The first kappa shape index (κ1) is 17.9. The molecule has 0 aliphatic carbocycles. The van der Waals surface area contributed by atoms with Crippen LogP contribution in [0.2, 0.25) is 5.02 Å². The SMILES string of the molecule is CC(C)CC(NC(C)c1ccc(F)c(Cl)c1)C(=O)N(C)C. The summed E-state index contributed by atoms with van der Waals surface area (Å²) in [7, 11) is 3.49. The van der Waals surface area contributed by atoms with Crippen LogP contribution in [0.4, 0.5) is 4.39 Å². The molecule has 21 heavy (non-hydrogen) atoms. The molecule has 2 atom stereocenters. The van der Waals surface area contributed by atoms with E-state index in [1.54, 1.807) is 31.1 Å². The zero-order chi connectivity index (χ0) is 16.2. The first-order valence-corrected chi connectivity index (χ1v) is 7.52. The largest absolute Gasteiger partial charge is 0.347 e. The Morgan fingerprint density at radius 3 is 2.43 bits per heavy atom. The van der Waals surface area contributed by atoms with Crippen molar-refractivity contribution in [1.82, 2.24) is 10.2 Å². The number of nitrogens with one attached hydrogen (secondary N) is 1. The first-order valence-electron chi connectivity index (χ1n) is 7.14. The average molecular weight is 315 g/mol. The number of hydrogen-bond acceptors (Lipinski definition) is 2. The van der Waals surface area contributed by atoms with Gasteiger partial charge in [-0.3, -0.25) is 10.1 Å². The average Bonchev–Trinajstić information content (AvgIpc) is 2.39. The van der Waals surface area contributed by atoms with E-state index in [0.717, 1.165) is 12.0 Å². The Morgan fingerprint density at radius 1 is 1.33 bits per heavy atom. The van der Waals surface area contributed by atoms with Crippen LogP contribution in [-0.2, 0) is 4.79 Å². The van der Waals surface area contributed by atoms with E-state index in [2.05, 4.69) is 19.2 Å². The standard InChI is InChI=1S/C16H24ClFN2O/c1-10(2)8-15(16(21)20(4)5)19-11(3)12-6-7-14(18)13(17)9-12/h6-7,9-11,15,19H,8H2,1-5H3. The number of nitrogens with zero attached hydrogens (tertiary/aromatic N) is 1. The normalized spacial score (nSPS) is 14.1. The van der Waals surface area contributed by atoms with Gasteiger partial charge in [0, 0.05) is 20.1 Å². The van der Waals surface area contributed by atoms with Crippen molar-refractivity contribution in [2.45, 2.75) is 39.3 Å². The minimum Gasteiger partial charge on any atom is -0.347 e. The summed E-state index contributed by atoms with van der Waals surface area (Å²) in [4.78, 5) is 13.8. The summed E-state index contributed by atoms with van der Waals surface area (Å²) in [5.41, 5.74) is 0.863. The second-order valence-corrected chi connectivity index (χ2v) is 6.38. The third-order valence-electron chi connectivity index (χ3n) is 3.34. The van der Waals surface area contributed by atoms with E-state index in [1.165, 1.54) is 6.07 Å². The maximum Gasteiger partial charge on any atom is 0.239 e. The zero-order valence-corrected chi connectivity index (χ0v) is 14.0. The van der Waals surface area contributed by atoms with Gasteiger partial charge in [0.05, 0.1) is 11.1 Å². The van der Waals surface area contributed by atoms with Crippen LogP contribution in [0.15, 0.2) is 18.2 Å². The molecule has 5 heteroatoms. The van der Waals surface area contributed by atoms with Crippen LogP contribution in [0.5, 0.6) is 0 Å². The lowest BCUT2D eigenvalue weighted by molar-refractivity contribution is -0.131. The molecule has 0 aliphatic heterocycles. The predicted octanol–water partition coefficient (Wildman–Crippen LogP) is 3.63. The summed E-state index contributed by atoms with van der Waals surface area (Å²) < 4.78 is 13.2. The van der Waals surface area contributed by atoms with Crippen molar-refractivity contribution in [3.8, 4) is 0 Å². The Hall–Kier alpha value is -1.13. The third-order valence-corrected chi connectivity index (χ3v) is 3.63. The highest BCUT2D eigenvalue weighted by Gasteiger charge is 2.23. The predicted molar refractivity (Wildman–Crippen MR) is 84.9 cm³/mol. The quantitative estimate of drug-likeness (QED) is 0.869. The number of halogens is 2. The van der Waals surface area contributed by atoms with Crippen molar-refractivity contribution in [3.05, 3.63) is 34.6 Å². The number of carbonyl (C=O) groups excluding carboxylic acids is 1. The van der Waals surface area contributed by atoms with Gasteiger partial charge in [-0.25, -0.2) is 4.39 Å². The smallest absolute Gasteiger partial charge is 0.239 e. The first-order chi connectivity index (χ1) is 9.72. The number of benzene rings is 1. The highest BCUT2D eigenvalue weighted by molar-refractivity contribution is 6.30. The van der Waals surface area contributed by atoms with Crippen LogP contribution in [-0.4, -0.2) is 30.9 Å². The van der Waals surface area contributed by atoms with E-state index in [4.69, 9.17) is 11.6 Å². The van der Waals surface area contributed by atoms with Crippen LogP contribution in [0.25, 0.3) is 0 Å². The molecular formula is C16H24ClFN2O. The molecule has 2 unspecified atom stereocenters. The van der Waals surface area contributed by atoms with Crippen LogP contribution in [0.1, 0.15) is 38.8 Å². The molecular weight excluding hydrogens is 291 g/mol. The van der Waals surface area contributed by atoms with Crippen LogP contribution >= 0.6 is 11.6 Å². The van der Waals surface area contributed by atoms with Crippen molar-refractivity contribution < 1.29 is 9.18 Å². The minimum absolute atomic E-state index is 0.0451. The Bertz CT molecular complexity index is 491. The van der Waals surface area contributed by atoms with Gasteiger partial charge in [0.1, 0.15) is 5.82 Å². The summed E-state index contributed by atoms with van der Waals surface area (Å²) in [6.45, 7) is 6.11. The Balaban J connectivity index is 2.86. The Morgan fingerprint density at radius 2 is 1.95 bits per heavy atom.